The van der Waals surface area contributed by atoms with E-state index in [-0.39, 0.29) is 5.91 Å². The Morgan fingerprint density at radius 2 is 1.95 bits per heavy atom. The highest BCUT2D eigenvalue weighted by atomic mass is 16.5. The number of carbonyl (C=O) groups excluding carboxylic acids is 1. The normalized spacial score (nSPS) is 10.2. The van der Waals surface area contributed by atoms with Gasteiger partial charge in [-0.15, -0.1) is 0 Å². The smallest absolute Gasteiger partial charge is 0.220 e. The van der Waals surface area contributed by atoms with Crippen LogP contribution in [0.15, 0.2) is 48.5 Å². The molecule has 0 atom stereocenters. The molecule has 1 amide bonds. The first-order valence-corrected chi connectivity index (χ1v) is 7.13. The van der Waals surface area contributed by atoms with Gasteiger partial charge >= 0.3 is 0 Å². The van der Waals surface area contributed by atoms with Crippen LogP contribution in [0.3, 0.4) is 0 Å². The van der Waals surface area contributed by atoms with Gasteiger partial charge in [0, 0.05) is 13.0 Å². The molecule has 0 aliphatic carbocycles. The van der Waals surface area contributed by atoms with E-state index in [9.17, 15) is 4.79 Å². The lowest BCUT2D eigenvalue weighted by Crippen LogP contribution is -2.23. The molecule has 2 aromatic carbocycles. The molecule has 21 heavy (non-hydrogen) atoms. The van der Waals surface area contributed by atoms with Crippen molar-refractivity contribution >= 4 is 5.91 Å². The van der Waals surface area contributed by atoms with Gasteiger partial charge in [0.2, 0.25) is 5.91 Å². The quantitative estimate of drug-likeness (QED) is 0.883. The number of hydrogen-bond acceptors (Lipinski definition) is 2. The lowest BCUT2D eigenvalue weighted by Gasteiger charge is -2.08. The van der Waals surface area contributed by atoms with Gasteiger partial charge in [-0.2, -0.15) is 0 Å². The van der Waals surface area contributed by atoms with Crippen molar-refractivity contribution in [3.63, 3.8) is 0 Å². The maximum Gasteiger partial charge on any atom is 0.220 e. The number of hydrogen-bond donors (Lipinski definition) is 1. The number of carbonyl (C=O) groups is 1. The molecule has 0 radical (unpaired) electrons. The van der Waals surface area contributed by atoms with E-state index in [0.717, 1.165) is 23.3 Å². The fourth-order valence-electron chi connectivity index (χ4n) is 2.18. The molecule has 110 valence electrons. The molecule has 0 aromatic heterocycles. The van der Waals surface area contributed by atoms with Crippen molar-refractivity contribution in [1.82, 2.24) is 5.32 Å². The van der Waals surface area contributed by atoms with Crippen LogP contribution in [-0.4, -0.2) is 13.0 Å². The number of nitrogens with one attached hydrogen (secondary N) is 1. The summed E-state index contributed by atoms with van der Waals surface area (Å²) in [5, 5.41) is 2.97. The zero-order chi connectivity index (χ0) is 15.1. The van der Waals surface area contributed by atoms with Crippen molar-refractivity contribution in [3.05, 3.63) is 65.2 Å². The molecular weight excluding hydrogens is 262 g/mol. The molecule has 0 saturated carbocycles. The summed E-state index contributed by atoms with van der Waals surface area (Å²) in [7, 11) is 1.65. The van der Waals surface area contributed by atoms with E-state index in [1.54, 1.807) is 7.11 Å². The van der Waals surface area contributed by atoms with E-state index in [1.165, 1.54) is 5.56 Å². The molecule has 0 saturated heterocycles. The molecule has 0 fully saturated rings. The van der Waals surface area contributed by atoms with Gasteiger partial charge < -0.3 is 10.1 Å². The second kappa shape index (κ2) is 7.48. The number of ether oxygens (including phenoxy) is 1. The van der Waals surface area contributed by atoms with Gasteiger partial charge in [-0.25, -0.2) is 0 Å². The van der Waals surface area contributed by atoms with Crippen molar-refractivity contribution in [3.8, 4) is 5.75 Å². The second-order valence-corrected chi connectivity index (χ2v) is 5.05. The first kappa shape index (κ1) is 15.1. The maximum atomic E-state index is 11.9. The van der Waals surface area contributed by atoms with Crippen LogP contribution in [-0.2, 0) is 17.8 Å². The number of rotatable bonds is 6. The first-order chi connectivity index (χ1) is 10.2. The Hall–Kier alpha value is -2.29. The van der Waals surface area contributed by atoms with Gasteiger partial charge in [-0.1, -0.05) is 36.4 Å². The molecule has 0 aliphatic rings. The predicted molar refractivity (Wildman–Crippen MR) is 84.3 cm³/mol. The topological polar surface area (TPSA) is 38.3 Å². The molecule has 0 heterocycles. The lowest BCUT2D eigenvalue weighted by atomic mass is 10.1. The van der Waals surface area contributed by atoms with E-state index in [1.807, 2.05) is 42.5 Å². The molecule has 2 aromatic rings. The minimum atomic E-state index is 0.0704. The fourth-order valence-corrected chi connectivity index (χ4v) is 2.18. The fraction of sp³-hybridized carbons (Fsp3) is 0.278. The Balaban J connectivity index is 1.81. The molecule has 3 heteroatoms. The largest absolute Gasteiger partial charge is 0.497 e. The van der Waals surface area contributed by atoms with Crippen LogP contribution in [0, 0.1) is 6.92 Å². The van der Waals surface area contributed by atoms with Crippen LogP contribution in [0.5, 0.6) is 5.75 Å². The third-order valence-electron chi connectivity index (χ3n) is 3.51. The highest BCUT2D eigenvalue weighted by Gasteiger charge is 2.04. The Kier molecular flexibility index (Phi) is 5.38. The van der Waals surface area contributed by atoms with Gasteiger partial charge in [0.15, 0.2) is 0 Å². The van der Waals surface area contributed by atoms with Crippen molar-refractivity contribution in [1.29, 1.82) is 0 Å². The molecule has 2 rings (SSSR count). The van der Waals surface area contributed by atoms with Crippen molar-refractivity contribution in [2.45, 2.75) is 26.3 Å². The number of aryl methyl sites for hydroxylation is 2. The van der Waals surface area contributed by atoms with E-state index in [2.05, 4.69) is 18.3 Å². The Labute approximate surface area is 126 Å². The van der Waals surface area contributed by atoms with Crippen LogP contribution in [0.4, 0.5) is 0 Å². The van der Waals surface area contributed by atoms with Crippen LogP contribution in [0.2, 0.25) is 0 Å². The molecule has 0 spiro atoms. The standard InChI is InChI=1S/C18H21NO2/c1-14-6-3-4-8-16(14)13-19-18(20)11-10-15-7-5-9-17(12-15)21-2/h3-9,12H,10-11,13H2,1-2H3,(H,19,20). The Morgan fingerprint density at radius 1 is 1.14 bits per heavy atom. The summed E-state index contributed by atoms with van der Waals surface area (Å²) in [6, 6.07) is 15.9. The molecule has 1 N–H and O–H groups in total. The maximum absolute atomic E-state index is 11.9. The summed E-state index contributed by atoms with van der Waals surface area (Å²) in [5.41, 5.74) is 3.47. The molecule has 3 nitrogen and oxygen atoms in total. The van der Waals surface area contributed by atoms with E-state index < -0.39 is 0 Å². The summed E-state index contributed by atoms with van der Waals surface area (Å²) < 4.78 is 5.18. The summed E-state index contributed by atoms with van der Waals surface area (Å²) in [6.07, 6.45) is 1.20. The minimum Gasteiger partial charge on any atom is -0.497 e. The Bertz CT molecular complexity index is 608. The van der Waals surface area contributed by atoms with Gasteiger partial charge in [-0.05, 0) is 42.2 Å². The SMILES string of the molecule is COc1cccc(CCC(=O)NCc2ccccc2C)c1. The van der Waals surface area contributed by atoms with Gasteiger partial charge in [0.1, 0.15) is 5.75 Å². The molecule has 0 aliphatic heterocycles. The predicted octanol–water partition coefficient (Wildman–Crippen LogP) is 3.25. The zero-order valence-electron chi connectivity index (χ0n) is 12.6. The molecule has 0 bridgehead atoms. The van der Waals surface area contributed by atoms with E-state index >= 15 is 0 Å². The van der Waals surface area contributed by atoms with Crippen molar-refractivity contribution in [2.75, 3.05) is 7.11 Å². The second-order valence-electron chi connectivity index (χ2n) is 5.05. The van der Waals surface area contributed by atoms with Crippen LogP contribution in [0.25, 0.3) is 0 Å². The third-order valence-corrected chi connectivity index (χ3v) is 3.51. The lowest BCUT2D eigenvalue weighted by molar-refractivity contribution is -0.121. The monoisotopic (exact) mass is 283 g/mol. The summed E-state index contributed by atoms with van der Waals surface area (Å²) >= 11 is 0. The molecule has 0 unspecified atom stereocenters. The van der Waals surface area contributed by atoms with Crippen LogP contribution in [0.1, 0.15) is 23.1 Å². The number of methoxy groups -OCH3 is 1. The average molecular weight is 283 g/mol. The Morgan fingerprint density at radius 3 is 2.71 bits per heavy atom. The van der Waals surface area contributed by atoms with Gasteiger partial charge in [0.25, 0.3) is 0 Å². The first-order valence-electron chi connectivity index (χ1n) is 7.13. The van der Waals surface area contributed by atoms with Gasteiger partial charge in [0.05, 0.1) is 7.11 Å². The van der Waals surface area contributed by atoms with Crippen LogP contribution >= 0.6 is 0 Å². The summed E-state index contributed by atoms with van der Waals surface area (Å²) in [6.45, 7) is 2.64. The zero-order valence-corrected chi connectivity index (χ0v) is 12.6. The van der Waals surface area contributed by atoms with E-state index in [0.29, 0.717) is 13.0 Å². The molecular formula is C18H21NO2. The number of benzene rings is 2. The van der Waals surface area contributed by atoms with Gasteiger partial charge in [-0.3, -0.25) is 4.79 Å². The average Bonchev–Trinajstić information content (AvgIpc) is 2.52. The van der Waals surface area contributed by atoms with E-state index in [4.69, 9.17) is 4.74 Å². The van der Waals surface area contributed by atoms with Crippen LogP contribution < -0.4 is 10.1 Å². The number of amides is 1. The highest BCUT2D eigenvalue weighted by molar-refractivity contribution is 5.76. The van der Waals surface area contributed by atoms with Crippen molar-refractivity contribution in [2.24, 2.45) is 0 Å². The summed E-state index contributed by atoms with van der Waals surface area (Å²) in [4.78, 5) is 11.9. The summed E-state index contributed by atoms with van der Waals surface area (Å²) in [5.74, 6) is 0.897. The third kappa shape index (κ3) is 4.63. The van der Waals surface area contributed by atoms with Crippen molar-refractivity contribution < 1.29 is 9.53 Å². The minimum absolute atomic E-state index is 0.0704. The highest BCUT2D eigenvalue weighted by Crippen LogP contribution is 2.14.